The molecular formula is C7H9BrN2O2. The van der Waals surface area contributed by atoms with E-state index in [2.05, 4.69) is 20.9 Å². The third-order valence-electron chi connectivity index (χ3n) is 1.46. The summed E-state index contributed by atoms with van der Waals surface area (Å²) in [6, 6.07) is 0. The van der Waals surface area contributed by atoms with E-state index in [1.54, 1.807) is 6.92 Å². The van der Waals surface area contributed by atoms with Crippen molar-refractivity contribution in [1.82, 2.24) is 9.55 Å². The van der Waals surface area contributed by atoms with Crippen LogP contribution in [0.5, 0.6) is 0 Å². The first-order valence-electron chi connectivity index (χ1n) is 3.37. The van der Waals surface area contributed by atoms with Gasteiger partial charge in [0.15, 0.2) is 0 Å². The highest BCUT2D eigenvalue weighted by molar-refractivity contribution is 9.10. The largest absolute Gasteiger partial charge is 0.364 e. The molecule has 0 amide bonds. The van der Waals surface area contributed by atoms with E-state index in [0.717, 1.165) is 0 Å². The fourth-order valence-electron chi connectivity index (χ4n) is 0.832. The second-order valence-corrected chi connectivity index (χ2v) is 3.16. The Balaban J connectivity index is 3.24. The van der Waals surface area contributed by atoms with E-state index in [0.29, 0.717) is 10.3 Å². The highest BCUT2D eigenvalue weighted by atomic mass is 79.9. The van der Waals surface area contributed by atoms with Crippen LogP contribution in [0.3, 0.4) is 0 Å². The van der Waals surface area contributed by atoms with Crippen LogP contribution < -0.4 is 5.56 Å². The molecule has 1 rings (SSSR count). The van der Waals surface area contributed by atoms with Crippen molar-refractivity contribution >= 4 is 15.9 Å². The van der Waals surface area contributed by atoms with Gasteiger partial charge in [-0.1, -0.05) is 0 Å². The lowest BCUT2D eigenvalue weighted by atomic mass is 10.5. The van der Waals surface area contributed by atoms with Gasteiger partial charge in [0.25, 0.3) is 5.56 Å². The van der Waals surface area contributed by atoms with Gasteiger partial charge < -0.3 is 4.74 Å². The number of rotatable bonds is 2. The molecule has 0 saturated heterocycles. The molecule has 4 nitrogen and oxygen atoms in total. The summed E-state index contributed by atoms with van der Waals surface area (Å²) < 4.78 is 6.74. The van der Waals surface area contributed by atoms with Crippen LogP contribution in [-0.4, -0.2) is 16.7 Å². The number of aryl methyl sites for hydroxylation is 1. The van der Waals surface area contributed by atoms with Crippen LogP contribution >= 0.6 is 15.9 Å². The Labute approximate surface area is 78.3 Å². The maximum Gasteiger partial charge on any atom is 0.269 e. The molecule has 0 saturated carbocycles. The van der Waals surface area contributed by atoms with Gasteiger partial charge in [-0.2, -0.15) is 0 Å². The van der Waals surface area contributed by atoms with E-state index in [1.165, 1.54) is 17.9 Å². The summed E-state index contributed by atoms with van der Waals surface area (Å²) in [5.74, 6) is 0.644. The SMILES string of the molecule is COCn1c(C)ncc(Br)c1=O. The highest BCUT2D eigenvalue weighted by Gasteiger charge is 2.03. The molecule has 1 aromatic heterocycles. The molecule has 0 bridgehead atoms. The number of halogens is 1. The van der Waals surface area contributed by atoms with Crippen LogP contribution in [0.2, 0.25) is 0 Å². The minimum Gasteiger partial charge on any atom is -0.364 e. The zero-order valence-corrected chi connectivity index (χ0v) is 8.46. The van der Waals surface area contributed by atoms with Crippen molar-refractivity contribution < 1.29 is 4.74 Å². The first kappa shape index (κ1) is 9.41. The molecule has 1 aromatic rings. The predicted molar refractivity (Wildman–Crippen MR) is 47.9 cm³/mol. The third-order valence-corrected chi connectivity index (χ3v) is 2.01. The minimum atomic E-state index is -0.121. The summed E-state index contributed by atoms with van der Waals surface area (Å²) in [6.45, 7) is 1.99. The molecule has 0 atom stereocenters. The first-order chi connectivity index (χ1) is 5.66. The lowest BCUT2D eigenvalue weighted by Gasteiger charge is -2.06. The first-order valence-corrected chi connectivity index (χ1v) is 4.17. The van der Waals surface area contributed by atoms with Gasteiger partial charge in [0, 0.05) is 13.3 Å². The van der Waals surface area contributed by atoms with Gasteiger partial charge in [0.1, 0.15) is 17.0 Å². The van der Waals surface area contributed by atoms with Gasteiger partial charge in [-0.05, 0) is 22.9 Å². The van der Waals surface area contributed by atoms with Crippen molar-refractivity contribution in [3.8, 4) is 0 Å². The monoisotopic (exact) mass is 232 g/mol. The molecular weight excluding hydrogens is 224 g/mol. The van der Waals surface area contributed by atoms with Crippen LogP contribution in [0.1, 0.15) is 5.82 Å². The summed E-state index contributed by atoms with van der Waals surface area (Å²) in [4.78, 5) is 15.4. The Bertz CT molecular complexity index is 335. The molecule has 0 aliphatic carbocycles. The number of hydrogen-bond donors (Lipinski definition) is 0. The predicted octanol–water partition coefficient (Wildman–Crippen LogP) is 0.918. The average Bonchev–Trinajstić information content (AvgIpc) is 2.06. The van der Waals surface area contributed by atoms with E-state index < -0.39 is 0 Å². The highest BCUT2D eigenvalue weighted by Crippen LogP contribution is 2.00. The molecule has 0 aliphatic rings. The molecule has 0 aliphatic heterocycles. The maximum absolute atomic E-state index is 11.4. The van der Waals surface area contributed by atoms with Gasteiger partial charge >= 0.3 is 0 Å². The second kappa shape index (κ2) is 3.82. The molecule has 12 heavy (non-hydrogen) atoms. The number of ether oxygens (including phenoxy) is 1. The Hall–Kier alpha value is -0.680. The van der Waals surface area contributed by atoms with Gasteiger partial charge in [-0.15, -0.1) is 0 Å². The van der Waals surface area contributed by atoms with Gasteiger partial charge in [0.05, 0.1) is 0 Å². The van der Waals surface area contributed by atoms with E-state index in [-0.39, 0.29) is 12.3 Å². The zero-order chi connectivity index (χ0) is 9.14. The number of aromatic nitrogens is 2. The van der Waals surface area contributed by atoms with Crippen molar-refractivity contribution in [3.63, 3.8) is 0 Å². The van der Waals surface area contributed by atoms with Crippen molar-refractivity contribution in [2.24, 2.45) is 0 Å². The second-order valence-electron chi connectivity index (χ2n) is 2.30. The third kappa shape index (κ3) is 1.73. The van der Waals surface area contributed by atoms with E-state index in [1.807, 2.05) is 0 Å². The Morgan fingerprint density at radius 1 is 1.75 bits per heavy atom. The topological polar surface area (TPSA) is 44.1 Å². The average molecular weight is 233 g/mol. The molecule has 0 spiro atoms. The summed E-state index contributed by atoms with van der Waals surface area (Å²) in [7, 11) is 1.53. The minimum absolute atomic E-state index is 0.121. The normalized spacial score (nSPS) is 10.2. The van der Waals surface area contributed by atoms with Crippen LogP contribution in [0, 0.1) is 6.92 Å². The Morgan fingerprint density at radius 2 is 2.42 bits per heavy atom. The Morgan fingerprint density at radius 3 is 3.00 bits per heavy atom. The fourth-order valence-corrected chi connectivity index (χ4v) is 1.15. The lowest BCUT2D eigenvalue weighted by Crippen LogP contribution is -2.24. The molecule has 5 heteroatoms. The number of methoxy groups -OCH3 is 1. The zero-order valence-electron chi connectivity index (χ0n) is 6.87. The van der Waals surface area contributed by atoms with Gasteiger partial charge in [0.2, 0.25) is 0 Å². The number of nitrogens with zero attached hydrogens (tertiary/aromatic N) is 2. The molecule has 66 valence electrons. The van der Waals surface area contributed by atoms with Crippen molar-refractivity contribution in [2.75, 3.05) is 7.11 Å². The van der Waals surface area contributed by atoms with Crippen LogP contribution in [-0.2, 0) is 11.5 Å². The molecule has 1 heterocycles. The quantitative estimate of drug-likeness (QED) is 0.762. The number of hydrogen-bond acceptors (Lipinski definition) is 3. The molecule has 0 unspecified atom stereocenters. The lowest BCUT2D eigenvalue weighted by molar-refractivity contribution is 0.125. The molecule has 0 aromatic carbocycles. The Kier molecular flexibility index (Phi) is 2.99. The van der Waals surface area contributed by atoms with Crippen LogP contribution in [0.25, 0.3) is 0 Å². The van der Waals surface area contributed by atoms with Crippen molar-refractivity contribution in [2.45, 2.75) is 13.7 Å². The summed E-state index contributed by atoms with van der Waals surface area (Å²) in [5.41, 5.74) is -0.121. The van der Waals surface area contributed by atoms with Gasteiger partial charge in [-0.25, -0.2) is 4.98 Å². The standard InChI is InChI=1S/C7H9BrN2O2/c1-5-9-3-6(8)7(11)10(5)4-12-2/h3H,4H2,1-2H3. The fraction of sp³-hybridized carbons (Fsp3) is 0.429. The molecule has 0 radical (unpaired) electrons. The molecule has 0 N–H and O–H groups in total. The summed E-state index contributed by atoms with van der Waals surface area (Å²) in [5, 5.41) is 0. The summed E-state index contributed by atoms with van der Waals surface area (Å²) in [6.07, 6.45) is 1.49. The smallest absolute Gasteiger partial charge is 0.269 e. The molecule has 0 fully saturated rings. The van der Waals surface area contributed by atoms with E-state index in [9.17, 15) is 4.79 Å². The maximum atomic E-state index is 11.4. The van der Waals surface area contributed by atoms with Gasteiger partial charge in [-0.3, -0.25) is 9.36 Å². The van der Waals surface area contributed by atoms with E-state index in [4.69, 9.17) is 4.74 Å². The van der Waals surface area contributed by atoms with Crippen molar-refractivity contribution in [1.29, 1.82) is 0 Å². The van der Waals surface area contributed by atoms with Crippen molar-refractivity contribution in [3.05, 3.63) is 26.8 Å². The van der Waals surface area contributed by atoms with Crippen LogP contribution in [0.15, 0.2) is 15.5 Å². The summed E-state index contributed by atoms with van der Waals surface area (Å²) >= 11 is 3.10. The van der Waals surface area contributed by atoms with Crippen LogP contribution in [0.4, 0.5) is 0 Å². The van der Waals surface area contributed by atoms with E-state index >= 15 is 0 Å².